The van der Waals surface area contributed by atoms with Crippen LogP contribution in [0.15, 0.2) is 30.3 Å². The van der Waals surface area contributed by atoms with Crippen molar-refractivity contribution in [1.29, 1.82) is 0 Å². The number of piperidine rings is 1. The minimum atomic E-state index is -0.749. The minimum Gasteiger partial charge on any atom is -0.351 e. The van der Waals surface area contributed by atoms with Crippen LogP contribution in [0.3, 0.4) is 0 Å². The number of halogens is 1. The van der Waals surface area contributed by atoms with Crippen LogP contribution < -0.4 is 21.7 Å². The number of nitrogens with one attached hydrogen (secondary N) is 3. The van der Waals surface area contributed by atoms with Crippen molar-refractivity contribution in [3.63, 3.8) is 0 Å². The van der Waals surface area contributed by atoms with E-state index in [1.807, 2.05) is 0 Å². The van der Waals surface area contributed by atoms with E-state index >= 15 is 0 Å². The Bertz CT molecular complexity index is 787. The number of nitrogens with two attached hydrogens (primary N) is 1. The molecule has 25 heavy (non-hydrogen) atoms. The molecule has 1 aromatic heterocycles. The van der Waals surface area contributed by atoms with E-state index in [1.165, 1.54) is 23.5 Å². The molecule has 2 heterocycles. The molecule has 0 unspecified atom stereocenters. The highest BCUT2D eigenvalue weighted by atomic mass is 32.1. The fourth-order valence-electron chi connectivity index (χ4n) is 2.79. The molecular formula is C17H19FN4O2S. The molecule has 1 aliphatic rings. The first kappa shape index (κ1) is 17.4. The van der Waals surface area contributed by atoms with Crippen LogP contribution in [-0.4, -0.2) is 31.1 Å². The average molecular weight is 362 g/mol. The zero-order valence-electron chi connectivity index (χ0n) is 13.5. The van der Waals surface area contributed by atoms with E-state index in [4.69, 9.17) is 5.73 Å². The fraction of sp³-hybridized carbons (Fsp3) is 0.294. The molecule has 5 N–H and O–H groups in total. The molecule has 1 saturated heterocycles. The summed E-state index contributed by atoms with van der Waals surface area (Å²) in [5, 5.41) is 9.03. The van der Waals surface area contributed by atoms with Crippen molar-refractivity contribution in [2.75, 3.05) is 18.4 Å². The molecule has 0 radical (unpaired) electrons. The Kier molecular flexibility index (Phi) is 5.30. The predicted molar refractivity (Wildman–Crippen MR) is 96.3 cm³/mol. The summed E-state index contributed by atoms with van der Waals surface area (Å²) in [5.74, 6) is -0.647. The normalized spacial score (nSPS) is 17.1. The van der Waals surface area contributed by atoms with Crippen molar-refractivity contribution in [2.45, 2.75) is 18.9 Å². The van der Waals surface area contributed by atoms with Crippen LogP contribution >= 0.6 is 11.3 Å². The van der Waals surface area contributed by atoms with E-state index in [9.17, 15) is 14.0 Å². The molecule has 2 aromatic rings. The Morgan fingerprint density at radius 3 is 2.84 bits per heavy atom. The topological polar surface area (TPSA) is 96.2 Å². The molecule has 1 aliphatic heterocycles. The third-order valence-electron chi connectivity index (χ3n) is 3.95. The zero-order valence-corrected chi connectivity index (χ0v) is 14.3. The second-order valence-electron chi connectivity index (χ2n) is 5.87. The first-order chi connectivity index (χ1) is 12.0. The monoisotopic (exact) mass is 362 g/mol. The van der Waals surface area contributed by atoms with Crippen LogP contribution in [0.2, 0.25) is 0 Å². The molecule has 6 nitrogen and oxygen atoms in total. The standard InChI is InChI=1S/C17H19FN4O2S/c18-11-4-1-3-10(7-11)14-8-13(16(25-14)22-17(19)24)15(23)21-12-5-2-6-20-9-12/h1,3-4,7-8,12,20H,2,5-6,9H2,(H,21,23)(H3,19,22,24)/t12-/m0/s1. The van der Waals surface area contributed by atoms with Gasteiger partial charge in [0.2, 0.25) is 0 Å². The smallest absolute Gasteiger partial charge is 0.317 e. The van der Waals surface area contributed by atoms with Gasteiger partial charge in [0.15, 0.2) is 0 Å². The number of benzene rings is 1. The maximum atomic E-state index is 13.5. The molecule has 0 spiro atoms. The predicted octanol–water partition coefficient (Wildman–Crippen LogP) is 2.53. The molecule has 1 atom stereocenters. The summed E-state index contributed by atoms with van der Waals surface area (Å²) >= 11 is 1.18. The minimum absolute atomic E-state index is 0.0418. The lowest BCUT2D eigenvalue weighted by Crippen LogP contribution is -2.45. The number of rotatable bonds is 4. The van der Waals surface area contributed by atoms with Crippen molar-refractivity contribution in [1.82, 2.24) is 10.6 Å². The Morgan fingerprint density at radius 2 is 2.16 bits per heavy atom. The van der Waals surface area contributed by atoms with Gasteiger partial charge in [-0.2, -0.15) is 0 Å². The van der Waals surface area contributed by atoms with Crippen LogP contribution in [0.25, 0.3) is 10.4 Å². The van der Waals surface area contributed by atoms with Crippen LogP contribution in [-0.2, 0) is 0 Å². The van der Waals surface area contributed by atoms with Crippen molar-refractivity contribution >= 4 is 28.3 Å². The van der Waals surface area contributed by atoms with Gasteiger partial charge >= 0.3 is 6.03 Å². The molecule has 8 heteroatoms. The molecule has 0 aliphatic carbocycles. The number of carbonyl (C=O) groups excluding carboxylic acids is 2. The number of anilines is 1. The highest BCUT2D eigenvalue weighted by Crippen LogP contribution is 2.35. The molecule has 1 fully saturated rings. The number of carbonyl (C=O) groups is 2. The first-order valence-electron chi connectivity index (χ1n) is 8.01. The average Bonchev–Trinajstić information content (AvgIpc) is 2.99. The van der Waals surface area contributed by atoms with Crippen molar-refractivity contribution in [3.05, 3.63) is 41.7 Å². The van der Waals surface area contributed by atoms with E-state index in [2.05, 4.69) is 16.0 Å². The van der Waals surface area contributed by atoms with Gasteiger partial charge in [-0.3, -0.25) is 10.1 Å². The Balaban J connectivity index is 1.87. The fourth-order valence-corrected chi connectivity index (χ4v) is 3.84. The molecule has 132 valence electrons. The van der Waals surface area contributed by atoms with Gasteiger partial charge in [0.05, 0.1) is 5.56 Å². The summed E-state index contributed by atoms with van der Waals surface area (Å²) in [6.07, 6.45) is 1.90. The van der Waals surface area contributed by atoms with Gasteiger partial charge in [0.1, 0.15) is 10.8 Å². The number of primary amides is 1. The van der Waals surface area contributed by atoms with Gasteiger partial charge in [-0.15, -0.1) is 11.3 Å². The molecule has 0 bridgehead atoms. The Hall–Kier alpha value is -2.45. The maximum Gasteiger partial charge on any atom is 0.317 e. The summed E-state index contributed by atoms with van der Waals surface area (Å²) in [6, 6.07) is 7.02. The molecular weight excluding hydrogens is 343 g/mol. The van der Waals surface area contributed by atoms with E-state index in [-0.39, 0.29) is 17.8 Å². The number of thiophene rings is 1. The number of amides is 3. The van der Waals surface area contributed by atoms with Gasteiger partial charge in [0, 0.05) is 17.5 Å². The van der Waals surface area contributed by atoms with E-state index < -0.39 is 6.03 Å². The van der Waals surface area contributed by atoms with Crippen LogP contribution in [0.5, 0.6) is 0 Å². The van der Waals surface area contributed by atoms with Crippen LogP contribution in [0, 0.1) is 5.82 Å². The van der Waals surface area contributed by atoms with Gasteiger partial charge < -0.3 is 16.4 Å². The summed E-state index contributed by atoms with van der Waals surface area (Å²) in [5.41, 5.74) is 6.17. The molecule has 3 rings (SSSR count). The van der Waals surface area contributed by atoms with Gasteiger partial charge in [0.25, 0.3) is 5.91 Å². The van der Waals surface area contributed by atoms with Crippen molar-refractivity contribution < 1.29 is 14.0 Å². The largest absolute Gasteiger partial charge is 0.351 e. The number of urea groups is 1. The van der Waals surface area contributed by atoms with Gasteiger partial charge in [-0.05, 0) is 43.1 Å². The number of hydrogen-bond donors (Lipinski definition) is 4. The third kappa shape index (κ3) is 4.34. The summed E-state index contributed by atoms with van der Waals surface area (Å²) in [6.45, 7) is 1.66. The highest BCUT2D eigenvalue weighted by molar-refractivity contribution is 7.20. The lowest BCUT2D eigenvalue weighted by atomic mass is 10.1. The molecule has 1 aromatic carbocycles. The summed E-state index contributed by atoms with van der Waals surface area (Å²) in [7, 11) is 0. The molecule has 0 saturated carbocycles. The molecule has 3 amide bonds. The Labute approximate surface area is 148 Å². The van der Waals surface area contributed by atoms with Crippen molar-refractivity contribution in [2.24, 2.45) is 5.73 Å². The summed E-state index contributed by atoms with van der Waals surface area (Å²) < 4.78 is 13.5. The highest BCUT2D eigenvalue weighted by Gasteiger charge is 2.22. The third-order valence-corrected chi connectivity index (χ3v) is 5.05. The van der Waals surface area contributed by atoms with E-state index in [0.29, 0.717) is 27.5 Å². The van der Waals surface area contributed by atoms with E-state index in [1.54, 1.807) is 18.2 Å². The SMILES string of the molecule is NC(=O)Nc1sc(-c2cccc(F)c2)cc1C(=O)N[C@H]1CCCNC1. The van der Waals surface area contributed by atoms with Gasteiger partial charge in [-0.25, -0.2) is 9.18 Å². The van der Waals surface area contributed by atoms with Gasteiger partial charge in [-0.1, -0.05) is 12.1 Å². The second kappa shape index (κ2) is 7.62. The lowest BCUT2D eigenvalue weighted by molar-refractivity contribution is 0.0932. The van der Waals surface area contributed by atoms with Crippen LogP contribution in [0.1, 0.15) is 23.2 Å². The zero-order chi connectivity index (χ0) is 17.8. The Morgan fingerprint density at radius 1 is 1.32 bits per heavy atom. The quantitative estimate of drug-likeness (QED) is 0.673. The van der Waals surface area contributed by atoms with Crippen LogP contribution in [0.4, 0.5) is 14.2 Å². The lowest BCUT2D eigenvalue weighted by Gasteiger charge is -2.23. The summed E-state index contributed by atoms with van der Waals surface area (Å²) in [4.78, 5) is 24.6. The maximum absolute atomic E-state index is 13.5. The van der Waals surface area contributed by atoms with Crippen molar-refractivity contribution in [3.8, 4) is 10.4 Å². The van der Waals surface area contributed by atoms with E-state index in [0.717, 1.165) is 19.4 Å². The number of hydrogen-bond acceptors (Lipinski definition) is 4. The second-order valence-corrected chi connectivity index (χ2v) is 6.92. The first-order valence-corrected chi connectivity index (χ1v) is 8.82.